The lowest BCUT2D eigenvalue weighted by Crippen LogP contribution is -2.40. The molecule has 0 aromatic heterocycles. The summed E-state index contributed by atoms with van der Waals surface area (Å²) in [6, 6.07) is 8.69. The van der Waals surface area contributed by atoms with Crippen molar-refractivity contribution in [1.82, 2.24) is 5.32 Å². The minimum Gasteiger partial charge on any atom is -0.389 e. The van der Waals surface area contributed by atoms with E-state index in [2.05, 4.69) is 29.6 Å². The van der Waals surface area contributed by atoms with Gasteiger partial charge in [0, 0.05) is 20.2 Å². The van der Waals surface area contributed by atoms with E-state index in [0.717, 1.165) is 13.0 Å². The summed E-state index contributed by atoms with van der Waals surface area (Å²) in [5.74, 6) is 0.485. The second-order valence-corrected chi connectivity index (χ2v) is 6.16. The van der Waals surface area contributed by atoms with Crippen LogP contribution in [0.5, 0.6) is 0 Å². The zero-order chi connectivity index (χ0) is 14.4. The minimum atomic E-state index is -0.664. The first-order valence-corrected chi connectivity index (χ1v) is 7.62. The molecule has 2 rings (SSSR count). The molecule has 0 radical (unpaired) electrons. The summed E-state index contributed by atoms with van der Waals surface area (Å²) in [6.45, 7) is 4.02. The van der Waals surface area contributed by atoms with Crippen LogP contribution in [0.15, 0.2) is 24.3 Å². The van der Waals surface area contributed by atoms with Gasteiger partial charge in [-0.1, -0.05) is 24.3 Å². The van der Waals surface area contributed by atoms with Crippen molar-refractivity contribution in [1.29, 1.82) is 0 Å². The van der Waals surface area contributed by atoms with E-state index < -0.39 is 5.60 Å². The molecule has 0 fully saturated rings. The van der Waals surface area contributed by atoms with Crippen molar-refractivity contribution < 1.29 is 9.84 Å². The summed E-state index contributed by atoms with van der Waals surface area (Å²) < 4.78 is 5.01. The summed E-state index contributed by atoms with van der Waals surface area (Å²) in [5.41, 5.74) is 2.24. The van der Waals surface area contributed by atoms with Crippen LogP contribution in [-0.2, 0) is 11.2 Å². The molecule has 2 N–H and O–H groups in total. The van der Waals surface area contributed by atoms with Crippen LogP contribution in [0.2, 0.25) is 0 Å². The van der Waals surface area contributed by atoms with Gasteiger partial charge in [-0.25, -0.2) is 0 Å². The van der Waals surface area contributed by atoms with E-state index in [1.807, 2.05) is 6.92 Å². The van der Waals surface area contributed by atoms with Gasteiger partial charge in [-0.05, 0) is 49.7 Å². The van der Waals surface area contributed by atoms with Gasteiger partial charge in [-0.2, -0.15) is 0 Å². The van der Waals surface area contributed by atoms with Crippen LogP contribution in [0.1, 0.15) is 43.2 Å². The van der Waals surface area contributed by atoms with Crippen molar-refractivity contribution in [2.45, 2.75) is 44.1 Å². The Kier molecular flexibility index (Phi) is 5.58. The van der Waals surface area contributed by atoms with Crippen LogP contribution in [0, 0.1) is 0 Å². The number of aliphatic hydroxyl groups is 1. The molecular weight excluding hydrogens is 250 g/mol. The number of rotatable bonds is 7. The average Bonchev–Trinajstić information content (AvgIpc) is 2.44. The Hall–Kier alpha value is -0.900. The molecule has 0 bridgehead atoms. The predicted octanol–water partition coefficient (Wildman–Crippen LogP) is 2.48. The molecule has 3 nitrogen and oxygen atoms in total. The van der Waals surface area contributed by atoms with Crippen molar-refractivity contribution in [3.8, 4) is 0 Å². The summed E-state index contributed by atoms with van der Waals surface area (Å²) >= 11 is 0. The fourth-order valence-corrected chi connectivity index (χ4v) is 3.20. The van der Waals surface area contributed by atoms with Gasteiger partial charge in [-0.15, -0.1) is 0 Å². The standard InChI is InChI=1S/C17H27NO2/c1-17(19,13-18-10-11-20-2)12-15-8-5-7-14-6-3-4-9-16(14)15/h3-4,6,9,15,18-19H,5,7-8,10-13H2,1-2H3. The lowest BCUT2D eigenvalue weighted by molar-refractivity contribution is 0.0401. The van der Waals surface area contributed by atoms with E-state index in [4.69, 9.17) is 4.74 Å². The van der Waals surface area contributed by atoms with Gasteiger partial charge in [0.25, 0.3) is 0 Å². The first-order valence-electron chi connectivity index (χ1n) is 7.62. The van der Waals surface area contributed by atoms with E-state index in [0.29, 0.717) is 19.1 Å². The monoisotopic (exact) mass is 277 g/mol. The van der Waals surface area contributed by atoms with E-state index in [1.165, 1.54) is 30.4 Å². The topological polar surface area (TPSA) is 41.5 Å². The third-order valence-corrected chi connectivity index (χ3v) is 4.17. The summed E-state index contributed by atoms with van der Waals surface area (Å²) in [7, 11) is 1.69. The van der Waals surface area contributed by atoms with Crippen molar-refractivity contribution in [2.24, 2.45) is 0 Å². The highest BCUT2D eigenvalue weighted by molar-refractivity contribution is 5.32. The van der Waals surface area contributed by atoms with Gasteiger partial charge in [0.05, 0.1) is 12.2 Å². The van der Waals surface area contributed by atoms with Crippen LogP contribution in [0.3, 0.4) is 0 Å². The van der Waals surface area contributed by atoms with Crippen LogP contribution in [0.25, 0.3) is 0 Å². The molecule has 1 aromatic carbocycles. The summed E-state index contributed by atoms with van der Waals surface area (Å²) in [5, 5.41) is 13.9. The highest BCUT2D eigenvalue weighted by Gasteiger charge is 2.28. The van der Waals surface area contributed by atoms with E-state index in [-0.39, 0.29) is 0 Å². The van der Waals surface area contributed by atoms with Gasteiger partial charge in [0.1, 0.15) is 0 Å². The number of hydrogen-bond donors (Lipinski definition) is 2. The smallest absolute Gasteiger partial charge is 0.0749 e. The number of nitrogens with one attached hydrogen (secondary N) is 1. The highest BCUT2D eigenvalue weighted by atomic mass is 16.5. The summed E-state index contributed by atoms with van der Waals surface area (Å²) in [6.07, 6.45) is 4.42. The molecule has 0 saturated heterocycles. The quantitative estimate of drug-likeness (QED) is 0.752. The molecule has 3 heteroatoms. The molecule has 0 heterocycles. The first kappa shape index (κ1) is 15.5. The molecule has 0 amide bonds. The van der Waals surface area contributed by atoms with Gasteiger partial charge >= 0.3 is 0 Å². The maximum Gasteiger partial charge on any atom is 0.0749 e. The molecule has 112 valence electrons. The maximum atomic E-state index is 10.6. The Morgan fingerprint density at radius 2 is 2.20 bits per heavy atom. The lowest BCUT2D eigenvalue weighted by atomic mass is 9.77. The molecule has 0 spiro atoms. The van der Waals surface area contributed by atoms with Crippen molar-refractivity contribution in [2.75, 3.05) is 26.8 Å². The van der Waals surface area contributed by atoms with Crippen molar-refractivity contribution in [3.05, 3.63) is 35.4 Å². The molecule has 1 aromatic rings. The molecular formula is C17H27NO2. The Morgan fingerprint density at radius 3 is 3.00 bits per heavy atom. The van der Waals surface area contributed by atoms with Crippen molar-refractivity contribution >= 4 is 0 Å². The Bertz CT molecular complexity index is 417. The molecule has 0 aliphatic heterocycles. The van der Waals surface area contributed by atoms with Crippen molar-refractivity contribution in [3.63, 3.8) is 0 Å². The van der Waals surface area contributed by atoms with Gasteiger partial charge in [0.2, 0.25) is 0 Å². The van der Waals surface area contributed by atoms with Crippen LogP contribution >= 0.6 is 0 Å². The number of aryl methyl sites for hydroxylation is 1. The number of fused-ring (bicyclic) bond motifs is 1. The SMILES string of the molecule is COCCNCC(C)(O)CC1CCCc2ccccc21. The predicted molar refractivity (Wildman–Crippen MR) is 82.1 cm³/mol. The zero-order valence-corrected chi connectivity index (χ0v) is 12.7. The summed E-state index contributed by atoms with van der Waals surface area (Å²) in [4.78, 5) is 0. The number of ether oxygens (including phenoxy) is 1. The highest BCUT2D eigenvalue weighted by Crippen LogP contribution is 2.36. The zero-order valence-electron chi connectivity index (χ0n) is 12.7. The van der Waals surface area contributed by atoms with E-state index in [9.17, 15) is 5.11 Å². The second kappa shape index (κ2) is 7.21. The minimum absolute atomic E-state index is 0.485. The lowest BCUT2D eigenvalue weighted by Gasteiger charge is -2.32. The maximum absolute atomic E-state index is 10.6. The Balaban J connectivity index is 1.92. The van der Waals surface area contributed by atoms with E-state index >= 15 is 0 Å². The molecule has 0 saturated carbocycles. The third kappa shape index (κ3) is 4.30. The second-order valence-electron chi connectivity index (χ2n) is 6.16. The molecule has 1 aliphatic rings. The Morgan fingerprint density at radius 1 is 1.40 bits per heavy atom. The average molecular weight is 277 g/mol. The van der Waals surface area contributed by atoms with Gasteiger partial charge in [0.15, 0.2) is 0 Å². The van der Waals surface area contributed by atoms with Crippen LogP contribution < -0.4 is 5.32 Å². The Labute approximate surface area is 122 Å². The van der Waals surface area contributed by atoms with Gasteiger partial charge < -0.3 is 15.2 Å². The van der Waals surface area contributed by atoms with Crippen LogP contribution in [-0.4, -0.2) is 37.5 Å². The van der Waals surface area contributed by atoms with Gasteiger partial charge in [-0.3, -0.25) is 0 Å². The largest absolute Gasteiger partial charge is 0.389 e. The molecule has 2 atom stereocenters. The molecule has 2 unspecified atom stereocenters. The molecule has 20 heavy (non-hydrogen) atoms. The number of hydrogen-bond acceptors (Lipinski definition) is 3. The third-order valence-electron chi connectivity index (χ3n) is 4.17. The fourth-order valence-electron chi connectivity index (χ4n) is 3.20. The van der Waals surface area contributed by atoms with Crippen LogP contribution in [0.4, 0.5) is 0 Å². The first-order chi connectivity index (χ1) is 9.62. The normalized spacial score (nSPS) is 21.2. The van der Waals surface area contributed by atoms with E-state index in [1.54, 1.807) is 7.11 Å². The molecule has 1 aliphatic carbocycles. The fraction of sp³-hybridized carbons (Fsp3) is 0.647. The number of benzene rings is 1. The number of methoxy groups -OCH3 is 1.